The Morgan fingerprint density at radius 1 is 1.07 bits per heavy atom. The Kier molecular flexibility index (Phi) is 4.29. The molecule has 1 spiro atoms. The summed E-state index contributed by atoms with van der Waals surface area (Å²) >= 11 is 0. The van der Waals surface area contributed by atoms with E-state index in [1.54, 1.807) is 0 Å². The highest BCUT2D eigenvalue weighted by atomic mass is 16.7. The molecule has 2 heterocycles. The highest BCUT2D eigenvalue weighted by Crippen LogP contribution is 2.70. The Labute approximate surface area is 182 Å². The minimum atomic E-state index is -0.304. The quantitative estimate of drug-likeness (QED) is 0.463. The molecule has 0 N–H and O–H groups in total. The minimum Gasteiger partial charge on any atom is -0.349 e. The van der Waals surface area contributed by atoms with E-state index < -0.39 is 0 Å². The Morgan fingerprint density at radius 2 is 1.90 bits per heavy atom. The maximum Gasteiger partial charge on any atom is 0.171 e. The summed E-state index contributed by atoms with van der Waals surface area (Å²) in [5.74, 6) is 4.26. The molecule has 3 nitrogen and oxygen atoms in total. The van der Waals surface area contributed by atoms with Gasteiger partial charge >= 0.3 is 0 Å². The van der Waals surface area contributed by atoms with Crippen LogP contribution in [-0.4, -0.2) is 24.3 Å². The van der Waals surface area contributed by atoms with Crippen molar-refractivity contribution in [2.45, 2.75) is 97.4 Å². The normalized spacial score (nSPS) is 57.4. The summed E-state index contributed by atoms with van der Waals surface area (Å²) < 4.78 is 13.3. The molecule has 0 radical (unpaired) electrons. The lowest BCUT2D eigenvalue weighted by Gasteiger charge is -2.58. The molecule has 10 atom stereocenters. The summed E-state index contributed by atoms with van der Waals surface area (Å²) in [6.45, 7) is 10.7. The maximum absolute atomic E-state index is 12.1. The SMILES string of the molecule is C[C@@H]1CC[C@@]2(OC1)O[C@@H]1C[C@H]3[C@@H]4CC=C5CC(=O)CC[C@]5(C)[C@@H]4CC[C@]3(C)[C@@H]1[C@@H]2C. The molecule has 3 heteroatoms. The molecule has 6 aliphatic rings. The number of ether oxygens (including phenoxy) is 2. The van der Waals surface area contributed by atoms with Crippen LogP contribution in [-0.2, 0) is 14.3 Å². The average molecular weight is 413 g/mol. The van der Waals surface area contributed by atoms with Crippen LogP contribution in [0.4, 0.5) is 0 Å². The summed E-state index contributed by atoms with van der Waals surface area (Å²) in [5, 5.41) is 0. The van der Waals surface area contributed by atoms with Gasteiger partial charge in [0, 0.05) is 25.2 Å². The van der Waals surface area contributed by atoms with Gasteiger partial charge in [0.15, 0.2) is 5.79 Å². The number of carbonyl (C=O) groups is 1. The molecule has 0 bridgehead atoms. The van der Waals surface area contributed by atoms with E-state index >= 15 is 0 Å². The van der Waals surface area contributed by atoms with Crippen molar-refractivity contribution < 1.29 is 14.3 Å². The predicted octanol–water partition coefficient (Wildman–Crippen LogP) is 5.92. The summed E-state index contributed by atoms with van der Waals surface area (Å²) in [7, 11) is 0. The second-order valence-electron chi connectivity index (χ2n) is 12.5. The van der Waals surface area contributed by atoms with Crippen molar-refractivity contribution in [3.63, 3.8) is 0 Å². The first-order valence-electron chi connectivity index (χ1n) is 12.8. The fraction of sp³-hybridized carbons (Fsp3) is 0.889. The Hall–Kier alpha value is -0.670. The van der Waals surface area contributed by atoms with Crippen LogP contribution in [0.25, 0.3) is 0 Å². The molecule has 0 aromatic carbocycles. The summed E-state index contributed by atoms with van der Waals surface area (Å²) in [5.41, 5.74) is 2.13. The van der Waals surface area contributed by atoms with Gasteiger partial charge in [0.25, 0.3) is 0 Å². The number of fused-ring (bicyclic) bond motifs is 7. The second kappa shape index (κ2) is 6.44. The second-order valence-corrected chi connectivity index (χ2v) is 12.5. The summed E-state index contributed by atoms with van der Waals surface area (Å²) in [4.78, 5) is 12.1. The lowest BCUT2D eigenvalue weighted by atomic mass is 9.47. The Morgan fingerprint density at radius 3 is 2.67 bits per heavy atom. The Balaban J connectivity index is 1.29. The van der Waals surface area contributed by atoms with Gasteiger partial charge in [0.1, 0.15) is 5.78 Å². The van der Waals surface area contributed by atoms with Crippen molar-refractivity contribution in [1.82, 2.24) is 0 Å². The molecular weight excluding hydrogens is 372 g/mol. The molecule has 30 heavy (non-hydrogen) atoms. The lowest BCUT2D eigenvalue weighted by Crippen LogP contribution is -2.52. The van der Waals surface area contributed by atoms with Crippen molar-refractivity contribution in [1.29, 1.82) is 0 Å². The predicted molar refractivity (Wildman–Crippen MR) is 117 cm³/mol. The number of hydrogen-bond acceptors (Lipinski definition) is 3. The minimum absolute atomic E-state index is 0.270. The molecule has 0 aromatic rings. The molecule has 0 unspecified atom stereocenters. The first kappa shape index (κ1) is 20.0. The van der Waals surface area contributed by atoms with Crippen LogP contribution in [0.1, 0.15) is 85.5 Å². The molecule has 6 rings (SSSR count). The highest BCUT2D eigenvalue weighted by molar-refractivity contribution is 5.82. The molecule has 3 saturated carbocycles. The van der Waals surface area contributed by atoms with Gasteiger partial charge < -0.3 is 9.47 Å². The molecule has 166 valence electrons. The van der Waals surface area contributed by atoms with E-state index in [9.17, 15) is 4.79 Å². The van der Waals surface area contributed by atoms with Crippen LogP contribution in [0.5, 0.6) is 0 Å². The highest BCUT2D eigenvalue weighted by Gasteiger charge is 2.68. The van der Waals surface area contributed by atoms with Crippen LogP contribution < -0.4 is 0 Å². The molecule has 2 saturated heterocycles. The maximum atomic E-state index is 12.1. The standard InChI is InChI=1S/C27H40O3/c1-16-7-12-27(29-15-16)17(2)24-23(30-27)14-22-20-6-5-18-13-19(28)8-10-25(18,3)21(20)9-11-26(22,24)4/h5,16-17,20-24H,6-15H2,1-4H3/t16-,17+,20-,21-,22+,23-,24-,25+,26+,27-/m1/s1. The van der Waals surface area contributed by atoms with E-state index in [1.165, 1.54) is 37.7 Å². The van der Waals surface area contributed by atoms with Crippen LogP contribution in [0.3, 0.4) is 0 Å². The fourth-order valence-corrected chi connectivity index (χ4v) is 9.49. The van der Waals surface area contributed by atoms with Gasteiger partial charge in [0.05, 0.1) is 12.7 Å². The van der Waals surface area contributed by atoms with Crippen molar-refractivity contribution in [2.75, 3.05) is 6.61 Å². The fourth-order valence-electron chi connectivity index (χ4n) is 9.49. The lowest BCUT2D eigenvalue weighted by molar-refractivity contribution is -0.272. The molecule has 5 fully saturated rings. The van der Waals surface area contributed by atoms with Gasteiger partial charge in [-0.25, -0.2) is 0 Å². The van der Waals surface area contributed by atoms with Crippen LogP contribution in [0.2, 0.25) is 0 Å². The van der Waals surface area contributed by atoms with Crippen molar-refractivity contribution >= 4 is 5.78 Å². The van der Waals surface area contributed by atoms with Gasteiger partial charge in [-0.3, -0.25) is 4.79 Å². The summed E-state index contributed by atoms with van der Waals surface area (Å²) in [6, 6.07) is 0. The van der Waals surface area contributed by atoms with E-state index in [-0.39, 0.29) is 11.2 Å². The smallest absolute Gasteiger partial charge is 0.171 e. The molecule has 0 amide bonds. The van der Waals surface area contributed by atoms with E-state index in [0.717, 1.165) is 50.0 Å². The number of carbonyl (C=O) groups excluding carboxylic acids is 1. The first-order valence-corrected chi connectivity index (χ1v) is 12.8. The molecule has 4 aliphatic carbocycles. The zero-order valence-corrected chi connectivity index (χ0v) is 19.4. The van der Waals surface area contributed by atoms with Crippen LogP contribution in [0.15, 0.2) is 11.6 Å². The number of hydrogen-bond donors (Lipinski definition) is 0. The zero-order chi connectivity index (χ0) is 20.9. The average Bonchev–Trinajstić information content (AvgIpc) is 3.16. The van der Waals surface area contributed by atoms with Gasteiger partial charge in [-0.2, -0.15) is 0 Å². The monoisotopic (exact) mass is 412 g/mol. The molecule has 2 aliphatic heterocycles. The Bertz CT molecular complexity index is 777. The largest absolute Gasteiger partial charge is 0.349 e. The van der Waals surface area contributed by atoms with E-state index in [2.05, 4.69) is 33.8 Å². The van der Waals surface area contributed by atoms with Crippen LogP contribution in [0, 0.1) is 46.3 Å². The number of ketones is 1. The third-order valence-electron chi connectivity index (χ3n) is 11.2. The molecule has 0 aromatic heterocycles. The third kappa shape index (κ3) is 2.48. The van der Waals surface area contributed by atoms with Crippen molar-refractivity contribution in [3.05, 3.63) is 11.6 Å². The number of Topliss-reactive ketones (excluding diaryl/α,β-unsaturated/α-hetero) is 1. The van der Waals surface area contributed by atoms with E-state index in [4.69, 9.17) is 9.47 Å². The van der Waals surface area contributed by atoms with E-state index in [1.807, 2.05) is 0 Å². The first-order chi connectivity index (χ1) is 14.3. The van der Waals surface area contributed by atoms with Crippen molar-refractivity contribution in [2.24, 2.45) is 46.3 Å². The van der Waals surface area contributed by atoms with Gasteiger partial charge in [-0.1, -0.05) is 39.3 Å². The van der Waals surface area contributed by atoms with Gasteiger partial charge in [0.2, 0.25) is 0 Å². The van der Waals surface area contributed by atoms with Crippen molar-refractivity contribution in [3.8, 4) is 0 Å². The number of rotatable bonds is 0. The van der Waals surface area contributed by atoms with Crippen LogP contribution >= 0.6 is 0 Å². The topological polar surface area (TPSA) is 35.5 Å². The zero-order valence-electron chi connectivity index (χ0n) is 19.4. The van der Waals surface area contributed by atoms with Gasteiger partial charge in [-0.05, 0) is 78.9 Å². The third-order valence-corrected chi connectivity index (χ3v) is 11.2. The van der Waals surface area contributed by atoms with E-state index in [0.29, 0.717) is 35.1 Å². The molecular formula is C27H40O3. The van der Waals surface area contributed by atoms with Gasteiger partial charge in [-0.15, -0.1) is 0 Å². The number of allylic oxidation sites excluding steroid dienone is 2. The summed E-state index contributed by atoms with van der Waals surface area (Å²) in [6.07, 6.45) is 12.9.